The van der Waals surface area contributed by atoms with Crippen LogP contribution in [-0.4, -0.2) is 40.6 Å². The predicted octanol–water partition coefficient (Wildman–Crippen LogP) is 2.66. The summed E-state index contributed by atoms with van der Waals surface area (Å²) in [7, 11) is 1.81. The highest BCUT2D eigenvalue weighted by molar-refractivity contribution is 7.97. The second-order valence-electron chi connectivity index (χ2n) is 5.45. The molecule has 1 aromatic heterocycles. The van der Waals surface area contributed by atoms with Crippen molar-refractivity contribution in [1.82, 2.24) is 9.29 Å². The van der Waals surface area contributed by atoms with Crippen LogP contribution in [0, 0.1) is 6.92 Å². The van der Waals surface area contributed by atoms with Gasteiger partial charge in [-0.15, -0.1) is 0 Å². The molecule has 0 saturated heterocycles. The first kappa shape index (κ1) is 17.3. The number of aryl methyl sites for hydroxylation is 1. The Kier molecular flexibility index (Phi) is 5.25. The van der Waals surface area contributed by atoms with Crippen molar-refractivity contribution in [2.45, 2.75) is 11.8 Å². The normalized spacial score (nSPS) is 13.5. The Morgan fingerprint density at radius 2 is 2.08 bits per heavy atom. The molecular weight excluding hydrogens is 338 g/mol. The molecule has 6 nitrogen and oxygen atoms in total. The Labute approximate surface area is 150 Å². The number of nitrogens with zero attached hydrogens (tertiary/aromatic N) is 2. The molecular formula is C18H19N3O3S. The summed E-state index contributed by atoms with van der Waals surface area (Å²) < 4.78 is 7.48. The quantitative estimate of drug-likeness (QED) is 0.802. The van der Waals surface area contributed by atoms with E-state index in [0.717, 1.165) is 16.2 Å². The first-order chi connectivity index (χ1) is 12.1. The zero-order valence-electron chi connectivity index (χ0n) is 14.0. The molecule has 0 saturated carbocycles. The smallest absolute Gasteiger partial charge is 0.277 e. The summed E-state index contributed by atoms with van der Waals surface area (Å²) in [6.07, 6.45) is 0. The number of rotatable bonds is 5. The molecule has 25 heavy (non-hydrogen) atoms. The molecule has 0 spiro atoms. The molecule has 0 radical (unpaired) electrons. The summed E-state index contributed by atoms with van der Waals surface area (Å²) in [6, 6.07) is 13.1. The van der Waals surface area contributed by atoms with Gasteiger partial charge in [-0.1, -0.05) is 18.2 Å². The number of hydrogen-bond donors (Lipinski definition) is 2. The number of aliphatic hydroxyl groups excluding tert-OH is 1. The van der Waals surface area contributed by atoms with Gasteiger partial charge in [0.05, 0.1) is 6.61 Å². The third-order valence-electron chi connectivity index (χ3n) is 3.58. The van der Waals surface area contributed by atoms with Gasteiger partial charge in [-0.3, -0.25) is 4.79 Å². The predicted molar refractivity (Wildman–Crippen MR) is 97.6 cm³/mol. The molecule has 0 atom stereocenters. The average molecular weight is 357 g/mol. The standard InChI is InChI=1S/C18H19N3O3S/c1-12-6-5-9-15(19-12)20-18(23)16-17(24-11-10-22)13-7-3-4-8-14(13)25-21(16)2/h3-9,22H,10-11H2,1-2H3,(H,19,20,23). The van der Waals surface area contributed by atoms with E-state index in [2.05, 4.69) is 10.3 Å². The molecule has 0 bridgehead atoms. The van der Waals surface area contributed by atoms with Crippen molar-refractivity contribution in [3.8, 4) is 0 Å². The lowest BCUT2D eigenvalue weighted by molar-refractivity contribution is -0.113. The molecule has 2 heterocycles. The van der Waals surface area contributed by atoms with E-state index in [9.17, 15) is 4.79 Å². The maximum Gasteiger partial charge on any atom is 0.277 e. The van der Waals surface area contributed by atoms with Crippen LogP contribution in [0.3, 0.4) is 0 Å². The molecule has 0 fully saturated rings. The van der Waals surface area contributed by atoms with Crippen LogP contribution in [0.2, 0.25) is 0 Å². The zero-order chi connectivity index (χ0) is 17.8. The zero-order valence-corrected chi connectivity index (χ0v) is 14.8. The topological polar surface area (TPSA) is 74.7 Å². The summed E-state index contributed by atoms with van der Waals surface area (Å²) in [4.78, 5) is 18.2. The minimum atomic E-state index is -0.310. The highest BCUT2D eigenvalue weighted by Crippen LogP contribution is 2.40. The largest absolute Gasteiger partial charge is 0.488 e. The van der Waals surface area contributed by atoms with Gasteiger partial charge in [0.1, 0.15) is 12.4 Å². The van der Waals surface area contributed by atoms with Crippen molar-refractivity contribution < 1.29 is 14.6 Å². The lowest BCUT2D eigenvalue weighted by atomic mass is 10.1. The van der Waals surface area contributed by atoms with Gasteiger partial charge in [-0.2, -0.15) is 0 Å². The monoisotopic (exact) mass is 357 g/mol. The molecule has 3 rings (SSSR count). The summed E-state index contributed by atoms with van der Waals surface area (Å²) in [5.41, 5.74) is 2.04. The molecule has 130 valence electrons. The Balaban J connectivity index is 1.99. The van der Waals surface area contributed by atoms with Crippen molar-refractivity contribution in [3.05, 3.63) is 59.4 Å². The molecule has 1 aliphatic rings. The number of amides is 1. The number of aliphatic hydroxyl groups is 1. The number of likely N-dealkylation sites (N-methyl/N-ethyl adjacent to an activating group) is 1. The molecule has 1 aromatic carbocycles. The van der Waals surface area contributed by atoms with Crippen LogP contribution in [0.15, 0.2) is 53.1 Å². The number of carbonyl (C=O) groups excluding carboxylic acids is 1. The minimum Gasteiger partial charge on any atom is -0.488 e. The van der Waals surface area contributed by atoms with E-state index in [1.54, 1.807) is 10.4 Å². The lowest BCUT2D eigenvalue weighted by Crippen LogP contribution is -2.28. The molecule has 0 aliphatic carbocycles. The van der Waals surface area contributed by atoms with Crippen LogP contribution in [0.25, 0.3) is 5.76 Å². The summed E-state index contributed by atoms with van der Waals surface area (Å²) >= 11 is 1.45. The maximum absolute atomic E-state index is 12.9. The highest BCUT2D eigenvalue weighted by atomic mass is 32.2. The fourth-order valence-corrected chi connectivity index (χ4v) is 3.48. The third-order valence-corrected chi connectivity index (χ3v) is 4.59. The second kappa shape index (κ2) is 7.58. The van der Waals surface area contributed by atoms with Gasteiger partial charge in [0.25, 0.3) is 5.91 Å². The van der Waals surface area contributed by atoms with Crippen LogP contribution >= 0.6 is 11.9 Å². The van der Waals surface area contributed by atoms with E-state index in [1.807, 2.05) is 50.4 Å². The Hall–Kier alpha value is -2.51. The average Bonchev–Trinajstić information content (AvgIpc) is 2.59. The molecule has 1 amide bonds. The third kappa shape index (κ3) is 3.78. The number of nitrogens with one attached hydrogen (secondary N) is 1. The molecule has 1 aliphatic heterocycles. The number of ether oxygens (including phenoxy) is 1. The fraction of sp³-hybridized carbons (Fsp3) is 0.222. The summed E-state index contributed by atoms with van der Waals surface area (Å²) in [5.74, 6) is 0.628. The van der Waals surface area contributed by atoms with Gasteiger partial charge in [-0.05, 0) is 43.1 Å². The molecule has 2 aromatic rings. The van der Waals surface area contributed by atoms with E-state index in [1.165, 1.54) is 11.9 Å². The first-order valence-corrected chi connectivity index (χ1v) is 8.61. The number of hydrogen-bond acceptors (Lipinski definition) is 6. The van der Waals surface area contributed by atoms with Gasteiger partial charge in [-0.25, -0.2) is 4.98 Å². The van der Waals surface area contributed by atoms with E-state index in [4.69, 9.17) is 9.84 Å². The Bertz CT molecular complexity index is 823. The number of fused-ring (bicyclic) bond motifs is 1. The van der Waals surface area contributed by atoms with Crippen molar-refractivity contribution in [3.63, 3.8) is 0 Å². The fourth-order valence-electron chi connectivity index (χ4n) is 2.53. The van der Waals surface area contributed by atoms with Crippen LogP contribution in [0.4, 0.5) is 5.82 Å². The van der Waals surface area contributed by atoms with Crippen LogP contribution in [0.5, 0.6) is 0 Å². The SMILES string of the molecule is Cc1cccc(NC(=O)C2=C(OCCO)c3ccccc3SN2C)n1. The van der Waals surface area contributed by atoms with E-state index in [0.29, 0.717) is 17.3 Å². The number of pyridine rings is 1. The van der Waals surface area contributed by atoms with E-state index in [-0.39, 0.29) is 19.1 Å². The number of carbonyl (C=O) groups is 1. The van der Waals surface area contributed by atoms with Crippen molar-refractivity contribution in [2.24, 2.45) is 0 Å². The van der Waals surface area contributed by atoms with Crippen molar-refractivity contribution in [2.75, 3.05) is 25.6 Å². The highest BCUT2D eigenvalue weighted by Gasteiger charge is 2.30. The second-order valence-corrected chi connectivity index (χ2v) is 6.62. The van der Waals surface area contributed by atoms with Crippen molar-refractivity contribution in [1.29, 1.82) is 0 Å². The first-order valence-electron chi connectivity index (χ1n) is 7.84. The van der Waals surface area contributed by atoms with Crippen LogP contribution in [-0.2, 0) is 9.53 Å². The van der Waals surface area contributed by atoms with E-state index < -0.39 is 0 Å². The van der Waals surface area contributed by atoms with Gasteiger partial charge in [0, 0.05) is 23.2 Å². The maximum atomic E-state index is 12.9. The number of anilines is 1. The van der Waals surface area contributed by atoms with Gasteiger partial charge in [0.15, 0.2) is 11.5 Å². The van der Waals surface area contributed by atoms with Gasteiger partial charge >= 0.3 is 0 Å². The van der Waals surface area contributed by atoms with E-state index >= 15 is 0 Å². The number of aromatic nitrogens is 1. The minimum absolute atomic E-state index is 0.113. The molecule has 0 unspecified atom stereocenters. The Morgan fingerprint density at radius 1 is 1.28 bits per heavy atom. The van der Waals surface area contributed by atoms with Crippen LogP contribution in [0.1, 0.15) is 11.3 Å². The Morgan fingerprint density at radius 3 is 2.84 bits per heavy atom. The van der Waals surface area contributed by atoms with Crippen LogP contribution < -0.4 is 5.32 Å². The number of benzene rings is 1. The van der Waals surface area contributed by atoms with Gasteiger partial charge < -0.3 is 19.5 Å². The molecule has 2 N–H and O–H groups in total. The van der Waals surface area contributed by atoms with Crippen molar-refractivity contribution >= 4 is 29.4 Å². The van der Waals surface area contributed by atoms with Gasteiger partial charge in [0.2, 0.25) is 0 Å². The lowest BCUT2D eigenvalue weighted by Gasteiger charge is -2.29. The summed E-state index contributed by atoms with van der Waals surface area (Å²) in [6.45, 7) is 1.85. The summed E-state index contributed by atoms with van der Waals surface area (Å²) in [5, 5.41) is 11.9. The molecule has 7 heteroatoms.